The molecule has 4 unspecified atom stereocenters. The zero-order chi connectivity index (χ0) is 31.9. The molecule has 44 heavy (non-hydrogen) atoms. The molecule has 0 amide bonds. The number of fused-ring (bicyclic) bond motifs is 1. The maximum absolute atomic E-state index is 13.3. The fourth-order valence-electron chi connectivity index (χ4n) is 5.02. The van der Waals surface area contributed by atoms with Crippen LogP contribution >= 0.6 is 0 Å². The summed E-state index contributed by atoms with van der Waals surface area (Å²) in [6, 6.07) is 6.90. The molecule has 0 spiro atoms. The summed E-state index contributed by atoms with van der Waals surface area (Å²) in [6.07, 6.45) is -15.4. The predicted octanol–water partition coefficient (Wildman–Crippen LogP) is -2.12. The predicted molar refractivity (Wildman–Crippen MR) is 145 cm³/mol. The van der Waals surface area contributed by atoms with Gasteiger partial charge in [0.2, 0.25) is 17.5 Å². The molecule has 9 N–H and O–H groups in total. The Balaban J connectivity index is 1.39. The van der Waals surface area contributed by atoms with Gasteiger partial charge in [-0.2, -0.15) is 0 Å². The van der Waals surface area contributed by atoms with Gasteiger partial charge in [0.05, 0.1) is 25.9 Å². The van der Waals surface area contributed by atoms with E-state index in [2.05, 4.69) is 0 Å². The van der Waals surface area contributed by atoms with Crippen molar-refractivity contribution in [2.45, 2.75) is 61.4 Å². The van der Waals surface area contributed by atoms with E-state index in [0.717, 1.165) is 6.26 Å². The van der Waals surface area contributed by atoms with E-state index in [0.29, 0.717) is 5.56 Å². The fourth-order valence-corrected chi connectivity index (χ4v) is 5.02. The van der Waals surface area contributed by atoms with Crippen LogP contribution in [0.1, 0.15) is 0 Å². The molecule has 2 aliphatic rings. The standard InChI is InChI=1S/C28H32O16/c1-39-26-14(6-13-17(21(26)34)18(31)12(8-40-13)10-2-4-11(30)5-3-10)42-28-25(38)23(36)20(33)16(44-28)9-41-27-24(37)22(35)19(32)15(7-29)43-27/h2-6,8,15-16,19-20,22-25,27-30,32-38H,7,9H2,1H3/t15?,16?,19-,20-,22+,23+,24?,25?,27-,28-/m1/s1. The van der Waals surface area contributed by atoms with E-state index in [1.54, 1.807) is 0 Å². The minimum Gasteiger partial charge on any atom is -0.508 e. The molecule has 0 aliphatic carbocycles. The van der Waals surface area contributed by atoms with Crippen LogP contribution in [0.5, 0.6) is 23.0 Å². The summed E-state index contributed by atoms with van der Waals surface area (Å²) < 4.78 is 32.9. The first-order valence-corrected chi connectivity index (χ1v) is 13.4. The molecule has 1 aromatic heterocycles. The van der Waals surface area contributed by atoms with Gasteiger partial charge in [-0.1, -0.05) is 12.1 Å². The molecule has 2 aromatic carbocycles. The molecule has 2 saturated heterocycles. The number of aromatic hydroxyl groups is 2. The monoisotopic (exact) mass is 624 g/mol. The lowest BCUT2D eigenvalue weighted by Gasteiger charge is -2.42. The van der Waals surface area contributed by atoms with Gasteiger partial charge in [-0.3, -0.25) is 4.79 Å². The minimum atomic E-state index is -1.85. The molecule has 5 rings (SSSR count). The lowest BCUT2D eigenvalue weighted by Crippen LogP contribution is -2.62. The van der Waals surface area contributed by atoms with Gasteiger partial charge in [-0.25, -0.2) is 0 Å². The number of phenols is 2. The molecular formula is C28H32O16. The highest BCUT2D eigenvalue weighted by atomic mass is 16.7. The van der Waals surface area contributed by atoms with Crippen LogP contribution in [-0.4, -0.2) is 128 Å². The first kappa shape index (κ1) is 31.9. The molecule has 3 aromatic rings. The summed E-state index contributed by atoms with van der Waals surface area (Å²) in [5, 5.41) is 91.4. The Morgan fingerprint density at radius 1 is 0.818 bits per heavy atom. The number of methoxy groups -OCH3 is 1. The van der Waals surface area contributed by atoms with Crippen molar-refractivity contribution in [2.75, 3.05) is 20.3 Å². The summed E-state index contributed by atoms with van der Waals surface area (Å²) in [4.78, 5) is 13.3. The second-order valence-corrected chi connectivity index (χ2v) is 10.3. The first-order chi connectivity index (χ1) is 21.0. The van der Waals surface area contributed by atoms with E-state index < -0.39 is 85.8 Å². The van der Waals surface area contributed by atoms with Crippen molar-refractivity contribution in [2.24, 2.45) is 0 Å². The maximum atomic E-state index is 13.3. The van der Waals surface area contributed by atoms with Gasteiger partial charge in [0.1, 0.15) is 71.8 Å². The average molecular weight is 625 g/mol. The van der Waals surface area contributed by atoms with Gasteiger partial charge in [0.25, 0.3) is 0 Å². The van der Waals surface area contributed by atoms with Crippen LogP contribution in [-0.2, 0) is 14.2 Å². The molecule has 2 aliphatic heterocycles. The number of aliphatic hydroxyl groups is 7. The number of hydrogen-bond acceptors (Lipinski definition) is 16. The van der Waals surface area contributed by atoms with Gasteiger partial charge >= 0.3 is 0 Å². The minimum absolute atomic E-state index is 0.0160. The SMILES string of the molecule is COc1c(O[C@@H]2OC(CO[C@@H]3OC(CO)[C@@H](O)[C@H](O)C3O)[C@@H](O)[C@H](O)C2O)cc2occ(-c3ccc(O)cc3)c(=O)c2c1O. The summed E-state index contributed by atoms with van der Waals surface area (Å²) in [5.74, 6) is -1.31. The van der Waals surface area contributed by atoms with Crippen molar-refractivity contribution in [3.05, 3.63) is 46.8 Å². The van der Waals surface area contributed by atoms with Crippen molar-refractivity contribution < 1.29 is 74.1 Å². The third kappa shape index (κ3) is 5.80. The van der Waals surface area contributed by atoms with E-state index in [9.17, 15) is 50.8 Å². The van der Waals surface area contributed by atoms with Crippen molar-refractivity contribution >= 4 is 11.0 Å². The smallest absolute Gasteiger partial charge is 0.229 e. The Morgan fingerprint density at radius 2 is 1.43 bits per heavy atom. The van der Waals surface area contributed by atoms with Crippen molar-refractivity contribution in [3.8, 4) is 34.1 Å². The Kier molecular flexibility index (Phi) is 9.28. The quantitative estimate of drug-likeness (QED) is 0.130. The Labute approximate surface area is 248 Å². The Bertz CT molecular complexity index is 1510. The van der Waals surface area contributed by atoms with Gasteiger partial charge in [-0.15, -0.1) is 0 Å². The highest BCUT2D eigenvalue weighted by Crippen LogP contribution is 2.43. The number of hydrogen-bond donors (Lipinski definition) is 9. The molecule has 2 fully saturated rings. The van der Waals surface area contributed by atoms with Crippen LogP contribution in [0, 0.1) is 0 Å². The summed E-state index contributed by atoms with van der Waals surface area (Å²) in [6.45, 7) is -1.30. The van der Waals surface area contributed by atoms with Gasteiger partial charge in [0, 0.05) is 6.07 Å². The van der Waals surface area contributed by atoms with Crippen LogP contribution < -0.4 is 14.9 Å². The third-order valence-electron chi connectivity index (χ3n) is 7.53. The van der Waals surface area contributed by atoms with Crippen LogP contribution in [0.4, 0.5) is 0 Å². The van der Waals surface area contributed by atoms with Crippen LogP contribution in [0.2, 0.25) is 0 Å². The van der Waals surface area contributed by atoms with Gasteiger partial charge in [-0.05, 0) is 17.7 Å². The maximum Gasteiger partial charge on any atom is 0.229 e. The Morgan fingerprint density at radius 3 is 2.07 bits per heavy atom. The topological polar surface area (TPSA) is 258 Å². The van der Waals surface area contributed by atoms with Crippen molar-refractivity contribution in [1.82, 2.24) is 0 Å². The van der Waals surface area contributed by atoms with Crippen LogP contribution in [0.25, 0.3) is 22.1 Å². The van der Waals surface area contributed by atoms with Crippen LogP contribution in [0.3, 0.4) is 0 Å². The highest BCUT2D eigenvalue weighted by molar-refractivity contribution is 5.91. The van der Waals surface area contributed by atoms with E-state index in [1.807, 2.05) is 0 Å². The summed E-state index contributed by atoms with van der Waals surface area (Å²) >= 11 is 0. The number of benzene rings is 2. The molecule has 0 saturated carbocycles. The van der Waals surface area contributed by atoms with Crippen molar-refractivity contribution in [3.63, 3.8) is 0 Å². The van der Waals surface area contributed by atoms with Crippen molar-refractivity contribution in [1.29, 1.82) is 0 Å². The fraction of sp³-hybridized carbons (Fsp3) is 0.464. The molecule has 0 radical (unpaired) electrons. The zero-order valence-corrected chi connectivity index (χ0v) is 23.0. The average Bonchev–Trinajstić information content (AvgIpc) is 3.01. The third-order valence-corrected chi connectivity index (χ3v) is 7.53. The molecule has 0 bridgehead atoms. The molecule has 16 nitrogen and oxygen atoms in total. The molecule has 3 heterocycles. The lowest BCUT2D eigenvalue weighted by molar-refractivity contribution is -0.323. The van der Waals surface area contributed by atoms with Gasteiger partial charge in [0.15, 0.2) is 17.8 Å². The molecule has 10 atom stereocenters. The number of phenolic OH excluding ortho intramolecular Hbond substituents is 2. The van der Waals surface area contributed by atoms with E-state index in [-0.39, 0.29) is 33.8 Å². The second-order valence-electron chi connectivity index (χ2n) is 10.3. The number of rotatable bonds is 8. The first-order valence-electron chi connectivity index (χ1n) is 13.4. The Hall–Kier alpha value is -3.55. The summed E-state index contributed by atoms with van der Waals surface area (Å²) in [7, 11) is 1.17. The van der Waals surface area contributed by atoms with E-state index >= 15 is 0 Å². The second kappa shape index (κ2) is 12.8. The largest absolute Gasteiger partial charge is 0.508 e. The summed E-state index contributed by atoms with van der Waals surface area (Å²) in [5.41, 5.74) is -0.286. The van der Waals surface area contributed by atoms with Gasteiger partial charge < -0.3 is 74.1 Å². The van der Waals surface area contributed by atoms with E-state index in [1.165, 1.54) is 37.4 Å². The molecule has 16 heteroatoms. The highest BCUT2D eigenvalue weighted by Gasteiger charge is 2.48. The molecule has 240 valence electrons. The number of aliphatic hydroxyl groups excluding tert-OH is 7. The zero-order valence-electron chi connectivity index (χ0n) is 23.0. The van der Waals surface area contributed by atoms with E-state index in [4.69, 9.17) is 28.1 Å². The normalized spacial score (nSPS) is 32.5. The van der Waals surface area contributed by atoms with Crippen LogP contribution in [0.15, 0.2) is 45.8 Å². The lowest BCUT2D eigenvalue weighted by atomic mass is 9.98. The molecular weight excluding hydrogens is 592 g/mol. The number of ether oxygens (including phenoxy) is 5.